The fourth-order valence-corrected chi connectivity index (χ4v) is 2.90. The third kappa shape index (κ3) is 1.68. The molecule has 78 valence electrons. The minimum Gasteiger partial charge on any atom is -0.347 e. The first-order chi connectivity index (χ1) is 7.33. The van der Waals surface area contributed by atoms with E-state index in [1.807, 2.05) is 0 Å². The molecular formula is C12H15N2P. The second-order valence-electron chi connectivity index (χ2n) is 4.35. The molecule has 1 aliphatic rings. The molecule has 1 atom stereocenters. The van der Waals surface area contributed by atoms with E-state index >= 15 is 0 Å². The van der Waals surface area contributed by atoms with Crippen LogP contribution < -0.4 is 0 Å². The van der Waals surface area contributed by atoms with E-state index in [4.69, 9.17) is 0 Å². The minimum atomic E-state index is 0.818. The SMILES string of the molecule is PN1CC(Cn2ccc3ccccc32)C1. The molecule has 0 amide bonds. The van der Waals surface area contributed by atoms with Gasteiger partial charge in [-0.3, -0.25) is 4.67 Å². The molecule has 1 saturated heterocycles. The quantitative estimate of drug-likeness (QED) is 0.702. The van der Waals surface area contributed by atoms with E-state index in [1.54, 1.807) is 0 Å². The molecule has 0 spiro atoms. The van der Waals surface area contributed by atoms with Crippen LogP contribution in [0.4, 0.5) is 0 Å². The van der Waals surface area contributed by atoms with Crippen molar-refractivity contribution in [2.75, 3.05) is 13.1 Å². The van der Waals surface area contributed by atoms with E-state index in [2.05, 4.69) is 55.2 Å². The Kier molecular flexibility index (Phi) is 2.27. The Hall–Kier alpha value is -0.850. The second-order valence-corrected chi connectivity index (χ2v) is 5.08. The lowest BCUT2D eigenvalue weighted by Crippen LogP contribution is -2.41. The van der Waals surface area contributed by atoms with Gasteiger partial charge in [0.05, 0.1) is 0 Å². The van der Waals surface area contributed by atoms with Gasteiger partial charge in [0.25, 0.3) is 0 Å². The van der Waals surface area contributed by atoms with Gasteiger partial charge >= 0.3 is 0 Å². The molecule has 1 unspecified atom stereocenters. The molecule has 3 heteroatoms. The van der Waals surface area contributed by atoms with Crippen molar-refractivity contribution in [1.82, 2.24) is 9.24 Å². The zero-order chi connectivity index (χ0) is 10.3. The molecule has 1 aliphatic heterocycles. The van der Waals surface area contributed by atoms with E-state index in [1.165, 1.54) is 24.0 Å². The lowest BCUT2D eigenvalue weighted by atomic mass is 10.0. The summed E-state index contributed by atoms with van der Waals surface area (Å²) in [5, 5.41) is 1.35. The van der Waals surface area contributed by atoms with Gasteiger partial charge in [0, 0.05) is 37.3 Å². The first kappa shape index (κ1) is 9.38. The van der Waals surface area contributed by atoms with Gasteiger partial charge < -0.3 is 4.57 Å². The van der Waals surface area contributed by atoms with Crippen LogP contribution in [0.3, 0.4) is 0 Å². The Balaban J connectivity index is 1.85. The van der Waals surface area contributed by atoms with E-state index in [9.17, 15) is 0 Å². The van der Waals surface area contributed by atoms with Gasteiger partial charge in [-0.15, -0.1) is 0 Å². The van der Waals surface area contributed by atoms with Crippen molar-refractivity contribution in [3.63, 3.8) is 0 Å². The van der Waals surface area contributed by atoms with Gasteiger partial charge in [0.15, 0.2) is 0 Å². The summed E-state index contributed by atoms with van der Waals surface area (Å²) in [6, 6.07) is 10.8. The van der Waals surface area contributed by atoms with Crippen molar-refractivity contribution in [3.8, 4) is 0 Å². The van der Waals surface area contributed by atoms with Gasteiger partial charge in [0.1, 0.15) is 0 Å². The van der Waals surface area contributed by atoms with Gasteiger partial charge in [-0.1, -0.05) is 27.6 Å². The van der Waals surface area contributed by atoms with Crippen LogP contribution in [0.25, 0.3) is 10.9 Å². The van der Waals surface area contributed by atoms with Gasteiger partial charge in [-0.05, 0) is 17.5 Å². The molecule has 1 fully saturated rings. The molecule has 0 aliphatic carbocycles. The predicted molar refractivity (Wildman–Crippen MR) is 66.7 cm³/mol. The van der Waals surface area contributed by atoms with E-state index in [0.29, 0.717) is 0 Å². The van der Waals surface area contributed by atoms with Gasteiger partial charge in [0.2, 0.25) is 0 Å². The predicted octanol–water partition coefficient (Wildman–Crippen LogP) is 2.36. The number of para-hydroxylation sites is 1. The van der Waals surface area contributed by atoms with Crippen molar-refractivity contribution < 1.29 is 0 Å². The zero-order valence-corrected chi connectivity index (χ0v) is 9.79. The van der Waals surface area contributed by atoms with Crippen molar-refractivity contribution in [2.24, 2.45) is 5.92 Å². The normalized spacial score (nSPS) is 18.2. The van der Waals surface area contributed by atoms with Crippen LogP contribution in [0.5, 0.6) is 0 Å². The molecule has 2 aromatic rings. The fourth-order valence-electron chi connectivity index (χ4n) is 2.30. The van der Waals surface area contributed by atoms with Crippen LogP contribution in [0.1, 0.15) is 0 Å². The maximum absolute atomic E-state index is 2.76. The largest absolute Gasteiger partial charge is 0.347 e. The lowest BCUT2D eigenvalue weighted by molar-refractivity contribution is 0.196. The molecule has 0 saturated carbocycles. The Morgan fingerprint density at radius 3 is 2.80 bits per heavy atom. The molecule has 2 nitrogen and oxygen atoms in total. The molecule has 15 heavy (non-hydrogen) atoms. The number of hydrogen-bond donors (Lipinski definition) is 0. The van der Waals surface area contributed by atoms with Crippen molar-refractivity contribution in [2.45, 2.75) is 6.54 Å². The Morgan fingerprint density at radius 2 is 2.00 bits per heavy atom. The molecule has 3 rings (SSSR count). The summed E-state index contributed by atoms with van der Waals surface area (Å²) in [5.41, 5.74) is 1.36. The van der Waals surface area contributed by atoms with Crippen LogP contribution in [0.2, 0.25) is 0 Å². The summed E-state index contributed by atoms with van der Waals surface area (Å²) in [6.45, 7) is 3.56. The van der Waals surface area contributed by atoms with E-state index in [-0.39, 0.29) is 0 Å². The number of hydrogen-bond acceptors (Lipinski definition) is 1. The highest BCUT2D eigenvalue weighted by molar-refractivity contribution is 7.13. The summed E-state index contributed by atoms with van der Waals surface area (Å²) in [4.78, 5) is 0. The van der Waals surface area contributed by atoms with Crippen LogP contribution in [-0.4, -0.2) is 22.3 Å². The number of benzene rings is 1. The van der Waals surface area contributed by atoms with E-state index in [0.717, 1.165) is 12.5 Å². The molecule has 0 N–H and O–H groups in total. The van der Waals surface area contributed by atoms with Crippen LogP contribution >= 0.6 is 9.39 Å². The third-order valence-corrected chi connectivity index (χ3v) is 3.54. The highest BCUT2D eigenvalue weighted by atomic mass is 31.0. The van der Waals surface area contributed by atoms with Crippen molar-refractivity contribution in [3.05, 3.63) is 36.5 Å². The molecule has 0 radical (unpaired) electrons. The zero-order valence-electron chi connectivity index (χ0n) is 8.63. The third-order valence-electron chi connectivity index (χ3n) is 3.12. The number of fused-ring (bicyclic) bond motifs is 1. The highest BCUT2D eigenvalue weighted by Gasteiger charge is 2.23. The van der Waals surface area contributed by atoms with Crippen LogP contribution in [0, 0.1) is 5.92 Å². The minimum absolute atomic E-state index is 0.818. The number of aromatic nitrogens is 1. The highest BCUT2D eigenvalue weighted by Crippen LogP contribution is 2.23. The monoisotopic (exact) mass is 218 g/mol. The number of nitrogens with zero attached hydrogens (tertiary/aromatic N) is 2. The van der Waals surface area contributed by atoms with Crippen molar-refractivity contribution in [1.29, 1.82) is 0 Å². The first-order valence-corrected chi connectivity index (χ1v) is 5.88. The fraction of sp³-hybridized carbons (Fsp3) is 0.333. The first-order valence-electron chi connectivity index (χ1n) is 5.36. The van der Waals surface area contributed by atoms with Crippen molar-refractivity contribution >= 4 is 20.3 Å². The lowest BCUT2D eigenvalue weighted by Gasteiger charge is -2.36. The molecular weight excluding hydrogens is 203 g/mol. The van der Waals surface area contributed by atoms with Crippen LogP contribution in [-0.2, 0) is 6.54 Å². The van der Waals surface area contributed by atoms with E-state index < -0.39 is 0 Å². The maximum atomic E-state index is 2.76. The topological polar surface area (TPSA) is 8.17 Å². The summed E-state index contributed by atoms with van der Waals surface area (Å²) >= 11 is 0. The summed E-state index contributed by atoms with van der Waals surface area (Å²) < 4.78 is 4.66. The summed E-state index contributed by atoms with van der Waals surface area (Å²) in [5.74, 6) is 0.818. The number of rotatable bonds is 2. The summed E-state index contributed by atoms with van der Waals surface area (Å²) in [7, 11) is 2.76. The second kappa shape index (κ2) is 3.62. The maximum Gasteiger partial charge on any atom is 0.0480 e. The molecule has 1 aromatic heterocycles. The Bertz CT molecular complexity index is 471. The molecule has 1 aromatic carbocycles. The average molecular weight is 218 g/mol. The average Bonchev–Trinajstić information content (AvgIpc) is 2.60. The summed E-state index contributed by atoms with van der Waals surface area (Å²) in [6.07, 6.45) is 2.20. The Labute approximate surface area is 92.1 Å². The smallest absolute Gasteiger partial charge is 0.0480 e. The Morgan fingerprint density at radius 1 is 1.20 bits per heavy atom. The van der Waals surface area contributed by atoms with Gasteiger partial charge in [-0.25, -0.2) is 0 Å². The van der Waals surface area contributed by atoms with Crippen LogP contribution in [0.15, 0.2) is 36.5 Å². The van der Waals surface area contributed by atoms with Gasteiger partial charge in [-0.2, -0.15) is 0 Å². The molecule has 2 heterocycles. The molecule has 0 bridgehead atoms. The standard InChI is InChI=1S/C12H15N2P/c15-14-8-10(9-14)7-13-6-5-11-3-1-2-4-12(11)13/h1-6,10H,7-9,15H2.